The molecule has 1 amide bonds. The highest BCUT2D eigenvalue weighted by atomic mass is 32.2. The number of nitrogens with zero attached hydrogens (tertiary/aromatic N) is 1. The molecule has 0 bridgehead atoms. The van der Waals surface area contributed by atoms with Crippen LogP contribution in [-0.2, 0) is 14.8 Å². The minimum Gasteiger partial charge on any atom is -0.311 e. The Morgan fingerprint density at radius 2 is 1.80 bits per heavy atom. The van der Waals surface area contributed by atoms with Gasteiger partial charge in [-0.25, -0.2) is 17.2 Å². The molecule has 0 unspecified atom stereocenters. The van der Waals surface area contributed by atoms with Crippen molar-refractivity contribution >= 4 is 21.6 Å². The van der Waals surface area contributed by atoms with Gasteiger partial charge in [0.05, 0.1) is 0 Å². The van der Waals surface area contributed by atoms with E-state index < -0.39 is 38.5 Å². The predicted molar refractivity (Wildman–Crippen MR) is 88.6 cm³/mol. The van der Waals surface area contributed by atoms with Gasteiger partial charge in [-0.05, 0) is 37.6 Å². The molecule has 0 radical (unpaired) electrons. The van der Waals surface area contributed by atoms with Crippen molar-refractivity contribution in [2.45, 2.75) is 24.3 Å². The van der Waals surface area contributed by atoms with E-state index in [0.29, 0.717) is 18.3 Å². The molecule has 1 saturated heterocycles. The number of anilines is 1. The molecule has 8 heteroatoms. The number of nitrogens with one attached hydrogen (secondary N) is 1. The van der Waals surface area contributed by atoms with E-state index in [-0.39, 0.29) is 6.42 Å². The number of benzene rings is 2. The fraction of sp³-hybridized carbons (Fsp3) is 0.235. The van der Waals surface area contributed by atoms with E-state index in [9.17, 15) is 22.0 Å². The molecule has 0 spiro atoms. The van der Waals surface area contributed by atoms with Gasteiger partial charge in [-0.15, -0.1) is 0 Å². The zero-order valence-electron chi connectivity index (χ0n) is 13.4. The third kappa shape index (κ3) is 3.54. The first-order valence-corrected chi connectivity index (χ1v) is 9.12. The van der Waals surface area contributed by atoms with E-state index in [4.69, 9.17) is 0 Å². The van der Waals surface area contributed by atoms with Gasteiger partial charge in [0, 0.05) is 18.3 Å². The van der Waals surface area contributed by atoms with Crippen molar-refractivity contribution in [1.82, 2.24) is 4.72 Å². The SMILES string of the molecule is Cc1ccc(N2CC[C@@H](NS(=O)(=O)c3ccc(F)cc3F)C2=O)cc1. The lowest BCUT2D eigenvalue weighted by Gasteiger charge is -2.17. The molecule has 132 valence electrons. The number of aryl methyl sites for hydroxylation is 1. The second kappa shape index (κ2) is 6.53. The van der Waals surface area contributed by atoms with Crippen LogP contribution in [0, 0.1) is 18.6 Å². The number of halogens is 2. The summed E-state index contributed by atoms with van der Waals surface area (Å²) in [5, 5.41) is 0. The van der Waals surface area contributed by atoms with Gasteiger partial charge in [0.1, 0.15) is 22.6 Å². The second-order valence-corrected chi connectivity index (χ2v) is 7.55. The van der Waals surface area contributed by atoms with E-state index in [2.05, 4.69) is 4.72 Å². The Labute approximate surface area is 144 Å². The van der Waals surface area contributed by atoms with Crippen molar-refractivity contribution in [2.24, 2.45) is 0 Å². The molecular weight excluding hydrogens is 350 g/mol. The fourth-order valence-corrected chi connectivity index (χ4v) is 4.00. The molecule has 0 aromatic heterocycles. The highest BCUT2D eigenvalue weighted by molar-refractivity contribution is 7.89. The highest BCUT2D eigenvalue weighted by Crippen LogP contribution is 2.24. The summed E-state index contributed by atoms with van der Waals surface area (Å²) in [6.07, 6.45) is 0.259. The van der Waals surface area contributed by atoms with Crippen LogP contribution in [0.4, 0.5) is 14.5 Å². The first-order valence-electron chi connectivity index (χ1n) is 7.63. The van der Waals surface area contributed by atoms with Crippen LogP contribution in [0.1, 0.15) is 12.0 Å². The number of rotatable bonds is 4. The fourth-order valence-electron chi connectivity index (χ4n) is 2.71. The zero-order valence-corrected chi connectivity index (χ0v) is 14.2. The van der Waals surface area contributed by atoms with E-state index in [1.807, 2.05) is 19.1 Å². The number of carbonyl (C=O) groups is 1. The summed E-state index contributed by atoms with van der Waals surface area (Å²) in [5.74, 6) is -2.48. The van der Waals surface area contributed by atoms with Gasteiger partial charge in [0.15, 0.2) is 0 Å². The maximum Gasteiger partial charge on any atom is 0.245 e. The Kier molecular flexibility index (Phi) is 4.57. The molecule has 5 nitrogen and oxygen atoms in total. The summed E-state index contributed by atoms with van der Waals surface area (Å²) in [5.41, 5.74) is 1.71. The average molecular weight is 366 g/mol. The van der Waals surface area contributed by atoms with Gasteiger partial charge in [0.2, 0.25) is 15.9 Å². The number of amides is 1. The monoisotopic (exact) mass is 366 g/mol. The van der Waals surface area contributed by atoms with Gasteiger partial charge in [-0.3, -0.25) is 4.79 Å². The highest BCUT2D eigenvalue weighted by Gasteiger charge is 2.36. The molecule has 2 aromatic carbocycles. The topological polar surface area (TPSA) is 66.5 Å². The first-order chi connectivity index (χ1) is 11.8. The van der Waals surface area contributed by atoms with E-state index in [1.54, 1.807) is 12.1 Å². The van der Waals surface area contributed by atoms with E-state index in [1.165, 1.54) is 4.90 Å². The number of carbonyl (C=O) groups excluding carboxylic acids is 1. The standard InChI is InChI=1S/C17H16F2N2O3S/c1-11-2-5-13(6-3-11)21-9-8-15(17(21)22)20-25(23,24)16-7-4-12(18)10-14(16)19/h2-7,10,15,20H,8-9H2,1H3/t15-/m1/s1. The Bertz CT molecular complexity index is 914. The lowest BCUT2D eigenvalue weighted by Crippen LogP contribution is -2.41. The average Bonchev–Trinajstić information content (AvgIpc) is 2.88. The lowest BCUT2D eigenvalue weighted by atomic mass is 10.2. The normalized spacial score (nSPS) is 18.0. The van der Waals surface area contributed by atoms with Crippen LogP contribution in [-0.4, -0.2) is 26.9 Å². The minimum absolute atomic E-state index is 0.259. The van der Waals surface area contributed by atoms with Crippen molar-refractivity contribution in [3.63, 3.8) is 0 Å². The molecule has 2 aromatic rings. The Morgan fingerprint density at radius 1 is 1.12 bits per heavy atom. The van der Waals surface area contributed by atoms with Crippen LogP contribution in [0.15, 0.2) is 47.4 Å². The summed E-state index contributed by atoms with van der Waals surface area (Å²) in [6, 6.07) is 8.46. The molecule has 1 heterocycles. The third-order valence-electron chi connectivity index (χ3n) is 4.03. The molecule has 1 aliphatic rings. The number of hydrogen-bond donors (Lipinski definition) is 1. The number of hydrogen-bond acceptors (Lipinski definition) is 3. The molecule has 3 rings (SSSR count). The molecule has 1 fully saturated rings. The largest absolute Gasteiger partial charge is 0.311 e. The van der Waals surface area contributed by atoms with Crippen LogP contribution in [0.25, 0.3) is 0 Å². The van der Waals surface area contributed by atoms with Crippen molar-refractivity contribution < 1.29 is 22.0 Å². The van der Waals surface area contributed by atoms with Crippen LogP contribution in [0.2, 0.25) is 0 Å². The lowest BCUT2D eigenvalue weighted by molar-refractivity contribution is -0.118. The third-order valence-corrected chi connectivity index (χ3v) is 5.54. The number of sulfonamides is 1. The summed E-state index contributed by atoms with van der Waals surface area (Å²) < 4.78 is 53.5. The predicted octanol–water partition coefficient (Wildman–Crippen LogP) is 2.36. The zero-order chi connectivity index (χ0) is 18.2. The van der Waals surface area contributed by atoms with Crippen molar-refractivity contribution in [3.8, 4) is 0 Å². The molecule has 0 saturated carbocycles. The van der Waals surface area contributed by atoms with Gasteiger partial charge in [0.25, 0.3) is 0 Å². The van der Waals surface area contributed by atoms with E-state index in [0.717, 1.165) is 17.7 Å². The maximum atomic E-state index is 13.7. The molecule has 0 aliphatic carbocycles. The van der Waals surface area contributed by atoms with Gasteiger partial charge < -0.3 is 4.90 Å². The first kappa shape index (κ1) is 17.5. The molecule has 25 heavy (non-hydrogen) atoms. The maximum absolute atomic E-state index is 13.7. The summed E-state index contributed by atoms with van der Waals surface area (Å²) in [6.45, 7) is 2.27. The van der Waals surface area contributed by atoms with Gasteiger partial charge >= 0.3 is 0 Å². The molecule has 1 atom stereocenters. The van der Waals surface area contributed by atoms with Crippen molar-refractivity contribution in [2.75, 3.05) is 11.4 Å². The summed E-state index contributed by atoms with van der Waals surface area (Å²) in [7, 11) is -4.28. The van der Waals surface area contributed by atoms with Crippen LogP contribution in [0.5, 0.6) is 0 Å². The van der Waals surface area contributed by atoms with Gasteiger partial charge in [-0.1, -0.05) is 17.7 Å². The van der Waals surface area contributed by atoms with Crippen molar-refractivity contribution in [1.29, 1.82) is 0 Å². The summed E-state index contributed by atoms with van der Waals surface area (Å²) >= 11 is 0. The molecule has 1 aliphatic heterocycles. The Hall–Kier alpha value is -2.32. The summed E-state index contributed by atoms with van der Waals surface area (Å²) in [4.78, 5) is 13.3. The Balaban J connectivity index is 1.79. The Morgan fingerprint density at radius 3 is 2.44 bits per heavy atom. The van der Waals surface area contributed by atoms with Crippen LogP contribution < -0.4 is 9.62 Å². The smallest absolute Gasteiger partial charge is 0.245 e. The van der Waals surface area contributed by atoms with Crippen LogP contribution >= 0.6 is 0 Å². The minimum atomic E-state index is -4.28. The van der Waals surface area contributed by atoms with E-state index >= 15 is 0 Å². The molecule has 1 N–H and O–H groups in total. The molecular formula is C17H16F2N2O3S. The van der Waals surface area contributed by atoms with Crippen molar-refractivity contribution in [3.05, 3.63) is 59.7 Å². The second-order valence-electron chi connectivity index (χ2n) is 5.86. The quantitative estimate of drug-likeness (QED) is 0.903. The van der Waals surface area contributed by atoms with Crippen LogP contribution in [0.3, 0.4) is 0 Å². The van der Waals surface area contributed by atoms with Gasteiger partial charge in [-0.2, -0.15) is 4.72 Å².